The van der Waals surface area contributed by atoms with E-state index in [1.807, 2.05) is 6.07 Å². The Labute approximate surface area is 104 Å². The van der Waals surface area contributed by atoms with Crippen molar-refractivity contribution >= 4 is 10.2 Å². The zero-order valence-corrected chi connectivity index (χ0v) is 9.99. The molecule has 0 saturated heterocycles. The molecule has 2 aromatic carbocycles. The third-order valence-electron chi connectivity index (χ3n) is 2.48. The lowest BCUT2D eigenvalue weighted by atomic mass is 10.0. The van der Waals surface area contributed by atoms with Crippen LogP contribution in [-0.2, 0) is 10.2 Å². The van der Waals surface area contributed by atoms with Gasteiger partial charge in [-0.05, 0) is 35.4 Å². The minimum atomic E-state index is -4.66. The molecular formula is C13H8FNO2S. The second kappa shape index (κ2) is 4.59. The first-order valence-electron chi connectivity index (χ1n) is 5.06. The first kappa shape index (κ1) is 12.3. The van der Waals surface area contributed by atoms with Gasteiger partial charge in [-0.3, -0.25) is 0 Å². The Balaban J connectivity index is 2.38. The fourth-order valence-electron chi connectivity index (χ4n) is 1.55. The summed E-state index contributed by atoms with van der Waals surface area (Å²) in [6.45, 7) is 0. The molecule has 5 heteroatoms. The molecule has 0 amide bonds. The minimum Gasteiger partial charge on any atom is -0.192 e. The summed E-state index contributed by atoms with van der Waals surface area (Å²) >= 11 is 0. The molecule has 0 aliphatic carbocycles. The van der Waals surface area contributed by atoms with E-state index in [4.69, 9.17) is 5.26 Å². The van der Waals surface area contributed by atoms with Crippen LogP contribution in [-0.4, -0.2) is 8.42 Å². The number of benzene rings is 2. The number of nitrogens with zero attached hydrogens (tertiary/aromatic N) is 1. The molecule has 0 unspecified atom stereocenters. The molecule has 90 valence electrons. The van der Waals surface area contributed by atoms with E-state index < -0.39 is 10.2 Å². The van der Waals surface area contributed by atoms with Gasteiger partial charge in [0.15, 0.2) is 0 Å². The van der Waals surface area contributed by atoms with Gasteiger partial charge in [-0.25, -0.2) is 0 Å². The third-order valence-corrected chi connectivity index (χ3v) is 3.32. The van der Waals surface area contributed by atoms with Gasteiger partial charge in [0.25, 0.3) is 0 Å². The zero-order valence-electron chi connectivity index (χ0n) is 9.17. The highest BCUT2D eigenvalue weighted by molar-refractivity contribution is 7.86. The molecule has 0 spiro atoms. The van der Waals surface area contributed by atoms with Crippen LogP contribution >= 0.6 is 0 Å². The number of nitriles is 1. The fourth-order valence-corrected chi connectivity index (χ4v) is 2.01. The van der Waals surface area contributed by atoms with Crippen LogP contribution in [0.25, 0.3) is 11.1 Å². The van der Waals surface area contributed by atoms with E-state index in [0.29, 0.717) is 5.56 Å². The Morgan fingerprint density at radius 2 is 1.33 bits per heavy atom. The summed E-state index contributed by atoms with van der Waals surface area (Å²) in [4.78, 5) is -0.361. The molecule has 0 N–H and O–H groups in total. The van der Waals surface area contributed by atoms with Gasteiger partial charge in [-0.1, -0.05) is 24.3 Å². The summed E-state index contributed by atoms with van der Waals surface area (Å²) in [5.41, 5.74) is 2.13. The van der Waals surface area contributed by atoms with Crippen LogP contribution in [0, 0.1) is 11.3 Å². The van der Waals surface area contributed by atoms with Gasteiger partial charge in [0.1, 0.15) is 0 Å². The van der Waals surface area contributed by atoms with Crippen molar-refractivity contribution in [2.45, 2.75) is 4.90 Å². The molecule has 0 atom stereocenters. The van der Waals surface area contributed by atoms with Crippen LogP contribution in [0.3, 0.4) is 0 Å². The van der Waals surface area contributed by atoms with Crippen molar-refractivity contribution < 1.29 is 12.3 Å². The maximum absolute atomic E-state index is 12.7. The zero-order chi connectivity index (χ0) is 13.2. The SMILES string of the molecule is N#Cc1ccc(-c2ccc(S(=O)(=O)F)cc2)cc1. The van der Waals surface area contributed by atoms with Gasteiger partial charge >= 0.3 is 10.2 Å². The molecule has 0 aromatic heterocycles. The van der Waals surface area contributed by atoms with Gasteiger partial charge in [-0.15, -0.1) is 3.89 Å². The van der Waals surface area contributed by atoms with E-state index in [0.717, 1.165) is 11.1 Å². The summed E-state index contributed by atoms with van der Waals surface area (Å²) in [5.74, 6) is 0. The molecule has 0 aliphatic heterocycles. The maximum atomic E-state index is 12.7. The monoisotopic (exact) mass is 261 g/mol. The number of rotatable bonds is 2. The van der Waals surface area contributed by atoms with E-state index in [2.05, 4.69) is 0 Å². The second-order valence-electron chi connectivity index (χ2n) is 3.65. The number of hydrogen-bond donors (Lipinski definition) is 0. The Morgan fingerprint density at radius 1 is 0.889 bits per heavy atom. The summed E-state index contributed by atoms with van der Waals surface area (Å²) in [5, 5.41) is 8.67. The summed E-state index contributed by atoms with van der Waals surface area (Å²) in [7, 11) is -4.66. The van der Waals surface area contributed by atoms with Crippen molar-refractivity contribution in [3.63, 3.8) is 0 Å². The Kier molecular flexibility index (Phi) is 3.13. The molecule has 0 aliphatic rings. The largest absolute Gasteiger partial charge is 0.332 e. The topological polar surface area (TPSA) is 57.9 Å². The van der Waals surface area contributed by atoms with Gasteiger partial charge in [0.05, 0.1) is 16.5 Å². The third kappa shape index (κ3) is 2.55. The van der Waals surface area contributed by atoms with Crippen LogP contribution in [0.2, 0.25) is 0 Å². The van der Waals surface area contributed by atoms with Crippen molar-refractivity contribution in [1.29, 1.82) is 5.26 Å². The van der Waals surface area contributed by atoms with Gasteiger partial charge in [-0.2, -0.15) is 13.7 Å². The van der Waals surface area contributed by atoms with Crippen molar-refractivity contribution in [3.8, 4) is 17.2 Å². The average Bonchev–Trinajstić information content (AvgIpc) is 2.38. The molecule has 18 heavy (non-hydrogen) atoms. The molecule has 3 nitrogen and oxygen atoms in total. The molecule has 0 radical (unpaired) electrons. The van der Waals surface area contributed by atoms with Crippen LogP contribution < -0.4 is 0 Å². The van der Waals surface area contributed by atoms with Crippen molar-refractivity contribution in [2.24, 2.45) is 0 Å². The highest BCUT2D eigenvalue weighted by atomic mass is 32.3. The first-order chi connectivity index (χ1) is 8.50. The number of hydrogen-bond acceptors (Lipinski definition) is 3. The Hall–Kier alpha value is -2.19. The van der Waals surface area contributed by atoms with Crippen LogP contribution in [0.1, 0.15) is 5.56 Å². The molecule has 0 saturated carbocycles. The maximum Gasteiger partial charge on any atom is 0.332 e. The standard InChI is InChI=1S/C13H8FNO2S/c14-18(16,17)13-7-5-12(6-8-13)11-3-1-10(9-15)2-4-11/h1-8H. The highest BCUT2D eigenvalue weighted by Gasteiger charge is 2.11. The van der Waals surface area contributed by atoms with Crippen LogP contribution in [0.4, 0.5) is 3.89 Å². The van der Waals surface area contributed by atoms with Gasteiger partial charge in [0.2, 0.25) is 0 Å². The molecule has 2 rings (SSSR count). The lowest BCUT2D eigenvalue weighted by Gasteiger charge is -2.02. The van der Waals surface area contributed by atoms with Crippen molar-refractivity contribution in [3.05, 3.63) is 54.1 Å². The molecule has 2 aromatic rings. The molecule has 0 bridgehead atoms. The predicted molar refractivity (Wildman–Crippen MR) is 64.9 cm³/mol. The summed E-state index contributed by atoms with van der Waals surface area (Å²) in [6.07, 6.45) is 0. The lowest BCUT2D eigenvalue weighted by Crippen LogP contribution is -1.91. The van der Waals surface area contributed by atoms with E-state index >= 15 is 0 Å². The number of halogens is 1. The van der Waals surface area contributed by atoms with Crippen LogP contribution in [0.15, 0.2) is 53.4 Å². The Bertz CT molecular complexity index is 698. The van der Waals surface area contributed by atoms with Crippen molar-refractivity contribution in [2.75, 3.05) is 0 Å². The first-order valence-corrected chi connectivity index (χ1v) is 6.44. The van der Waals surface area contributed by atoms with Gasteiger partial charge < -0.3 is 0 Å². The molecular weight excluding hydrogens is 253 g/mol. The fraction of sp³-hybridized carbons (Fsp3) is 0. The second-order valence-corrected chi connectivity index (χ2v) is 5.00. The van der Waals surface area contributed by atoms with E-state index in [1.165, 1.54) is 24.3 Å². The van der Waals surface area contributed by atoms with E-state index in [-0.39, 0.29) is 4.90 Å². The highest BCUT2D eigenvalue weighted by Crippen LogP contribution is 2.22. The lowest BCUT2D eigenvalue weighted by molar-refractivity contribution is 0.552. The van der Waals surface area contributed by atoms with Crippen LogP contribution in [0.5, 0.6) is 0 Å². The Morgan fingerprint density at radius 3 is 1.72 bits per heavy atom. The van der Waals surface area contributed by atoms with E-state index in [9.17, 15) is 12.3 Å². The summed E-state index contributed by atoms with van der Waals surface area (Å²) in [6, 6.07) is 14.3. The normalized spacial score (nSPS) is 10.9. The minimum absolute atomic E-state index is 0.361. The molecule has 0 fully saturated rings. The predicted octanol–water partition coefficient (Wildman–Crippen LogP) is 2.88. The smallest absolute Gasteiger partial charge is 0.192 e. The van der Waals surface area contributed by atoms with Crippen molar-refractivity contribution in [1.82, 2.24) is 0 Å². The quantitative estimate of drug-likeness (QED) is 0.781. The van der Waals surface area contributed by atoms with Gasteiger partial charge in [0, 0.05) is 0 Å². The van der Waals surface area contributed by atoms with E-state index in [1.54, 1.807) is 24.3 Å². The average molecular weight is 261 g/mol. The molecule has 0 heterocycles. The summed E-state index contributed by atoms with van der Waals surface area (Å²) < 4.78 is 34.0.